The van der Waals surface area contributed by atoms with Gasteiger partial charge in [-0.15, -0.1) is 24.0 Å². The summed E-state index contributed by atoms with van der Waals surface area (Å²) in [5, 5.41) is 3.39. The molecule has 1 fully saturated rings. The van der Waals surface area contributed by atoms with Gasteiger partial charge >= 0.3 is 0 Å². The number of hydrogen-bond donors (Lipinski definition) is 1. The zero-order valence-electron chi connectivity index (χ0n) is 18.0. The Bertz CT molecular complexity index is 847. The molecule has 1 aliphatic rings. The second-order valence-electron chi connectivity index (χ2n) is 7.35. The van der Waals surface area contributed by atoms with Crippen LogP contribution in [0.25, 0.3) is 0 Å². The Morgan fingerprint density at radius 1 is 1.03 bits per heavy atom. The summed E-state index contributed by atoms with van der Waals surface area (Å²) in [6, 6.07) is 13.6. The lowest BCUT2D eigenvalue weighted by Crippen LogP contribution is -2.54. The average Bonchev–Trinajstić information content (AvgIpc) is 3.31. The molecule has 1 N–H and O–H groups in total. The zero-order chi connectivity index (χ0) is 21.3. The molecule has 0 bridgehead atoms. The third-order valence-corrected chi connectivity index (χ3v) is 5.00. The third kappa shape index (κ3) is 7.27. The van der Waals surface area contributed by atoms with Gasteiger partial charge in [-0.25, -0.2) is 4.99 Å². The number of furan rings is 1. The van der Waals surface area contributed by atoms with Gasteiger partial charge in [-0.3, -0.25) is 9.59 Å². The minimum absolute atomic E-state index is 0. The number of nitrogens with one attached hydrogen (secondary N) is 1. The van der Waals surface area contributed by atoms with Crippen molar-refractivity contribution < 1.29 is 14.0 Å². The number of rotatable bonds is 6. The SMILES string of the molecule is CN(C)C(=O)CN=C(NCCc1ccccc1)N1CCN(C(=O)c2ccco2)CC1.I. The van der Waals surface area contributed by atoms with Crippen LogP contribution in [0.5, 0.6) is 0 Å². The lowest BCUT2D eigenvalue weighted by molar-refractivity contribution is -0.127. The topological polar surface area (TPSA) is 81.4 Å². The molecule has 1 aromatic heterocycles. The summed E-state index contributed by atoms with van der Waals surface area (Å²) in [5.74, 6) is 0.906. The van der Waals surface area contributed by atoms with E-state index in [1.165, 1.54) is 16.7 Å². The van der Waals surface area contributed by atoms with Crippen molar-refractivity contribution >= 4 is 41.8 Å². The summed E-state index contributed by atoms with van der Waals surface area (Å²) in [7, 11) is 3.44. The van der Waals surface area contributed by atoms with E-state index in [-0.39, 0.29) is 42.3 Å². The fourth-order valence-corrected chi connectivity index (χ4v) is 3.19. The maximum Gasteiger partial charge on any atom is 0.289 e. The van der Waals surface area contributed by atoms with Crippen molar-refractivity contribution in [3.05, 3.63) is 60.1 Å². The van der Waals surface area contributed by atoms with Crippen LogP contribution < -0.4 is 5.32 Å². The molecule has 31 heavy (non-hydrogen) atoms. The second-order valence-corrected chi connectivity index (χ2v) is 7.35. The van der Waals surface area contributed by atoms with Gasteiger partial charge in [0.1, 0.15) is 6.54 Å². The van der Waals surface area contributed by atoms with Crippen molar-refractivity contribution in [2.24, 2.45) is 4.99 Å². The van der Waals surface area contributed by atoms with Crippen LogP contribution in [0.1, 0.15) is 16.1 Å². The number of nitrogens with zero attached hydrogens (tertiary/aromatic N) is 4. The lowest BCUT2D eigenvalue weighted by Gasteiger charge is -2.36. The summed E-state index contributed by atoms with van der Waals surface area (Å²) >= 11 is 0. The molecule has 2 amide bonds. The van der Waals surface area contributed by atoms with E-state index >= 15 is 0 Å². The van der Waals surface area contributed by atoms with E-state index in [4.69, 9.17) is 4.42 Å². The van der Waals surface area contributed by atoms with Crippen molar-refractivity contribution in [1.29, 1.82) is 0 Å². The van der Waals surface area contributed by atoms with E-state index in [1.807, 2.05) is 18.2 Å². The Morgan fingerprint density at radius 2 is 1.71 bits per heavy atom. The van der Waals surface area contributed by atoms with Crippen molar-refractivity contribution in [3.63, 3.8) is 0 Å². The Morgan fingerprint density at radius 3 is 2.32 bits per heavy atom. The predicted molar refractivity (Wildman–Crippen MR) is 131 cm³/mol. The van der Waals surface area contributed by atoms with Gasteiger partial charge in [-0.1, -0.05) is 30.3 Å². The summed E-state index contributed by atoms with van der Waals surface area (Å²) in [6.07, 6.45) is 2.37. The highest BCUT2D eigenvalue weighted by Crippen LogP contribution is 2.10. The summed E-state index contributed by atoms with van der Waals surface area (Å²) in [5.41, 5.74) is 1.24. The molecule has 0 radical (unpaired) electrons. The molecule has 9 heteroatoms. The molecule has 1 saturated heterocycles. The van der Waals surface area contributed by atoms with E-state index in [1.54, 1.807) is 31.1 Å². The first kappa shape index (κ1) is 24.7. The van der Waals surface area contributed by atoms with Gasteiger partial charge in [0.15, 0.2) is 11.7 Å². The number of halogens is 1. The number of aliphatic imine (C=N–C) groups is 1. The van der Waals surface area contributed by atoms with Crippen LogP contribution in [0.2, 0.25) is 0 Å². The van der Waals surface area contributed by atoms with Gasteiger partial charge in [0.2, 0.25) is 5.91 Å². The molecule has 0 saturated carbocycles. The highest BCUT2D eigenvalue weighted by molar-refractivity contribution is 14.0. The molecule has 2 heterocycles. The molecule has 1 aromatic carbocycles. The van der Waals surface area contributed by atoms with Crippen LogP contribution >= 0.6 is 24.0 Å². The van der Waals surface area contributed by atoms with Gasteiger partial charge in [0, 0.05) is 46.8 Å². The lowest BCUT2D eigenvalue weighted by atomic mass is 10.1. The molecule has 0 atom stereocenters. The number of amides is 2. The third-order valence-electron chi connectivity index (χ3n) is 5.00. The molecule has 1 aliphatic heterocycles. The van der Waals surface area contributed by atoms with Crippen LogP contribution in [0.3, 0.4) is 0 Å². The first-order chi connectivity index (χ1) is 14.5. The highest BCUT2D eigenvalue weighted by Gasteiger charge is 2.25. The predicted octanol–water partition coefficient (Wildman–Crippen LogP) is 1.93. The van der Waals surface area contributed by atoms with E-state index in [0.717, 1.165) is 6.42 Å². The van der Waals surface area contributed by atoms with Gasteiger partial charge < -0.3 is 24.4 Å². The molecule has 3 rings (SSSR count). The summed E-state index contributed by atoms with van der Waals surface area (Å²) in [4.78, 5) is 34.4. The van der Waals surface area contributed by atoms with E-state index < -0.39 is 0 Å². The summed E-state index contributed by atoms with van der Waals surface area (Å²) < 4.78 is 5.22. The van der Waals surface area contributed by atoms with Crippen molar-refractivity contribution in [1.82, 2.24) is 20.0 Å². The molecule has 168 valence electrons. The van der Waals surface area contributed by atoms with Gasteiger partial charge in [-0.05, 0) is 24.1 Å². The average molecular weight is 539 g/mol. The maximum absolute atomic E-state index is 12.5. The van der Waals surface area contributed by atoms with Gasteiger partial charge in [-0.2, -0.15) is 0 Å². The first-order valence-electron chi connectivity index (χ1n) is 10.1. The first-order valence-corrected chi connectivity index (χ1v) is 10.1. The fourth-order valence-electron chi connectivity index (χ4n) is 3.19. The van der Waals surface area contributed by atoms with Gasteiger partial charge in [0.05, 0.1) is 6.26 Å². The van der Waals surface area contributed by atoms with Crippen LogP contribution in [-0.2, 0) is 11.2 Å². The Labute approximate surface area is 200 Å². The number of carbonyl (C=O) groups excluding carboxylic acids is 2. The number of carbonyl (C=O) groups is 2. The van der Waals surface area contributed by atoms with Crippen molar-refractivity contribution in [3.8, 4) is 0 Å². The van der Waals surface area contributed by atoms with Crippen molar-refractivity contribution in [2.45, 2.75) is 6.42 Å². The zero-order valence-corrected chi connectivity index (χ0v) is 20.3. The Kier molecular flexibility index (Phi) is 9.83. The second kappa shape index (κ2) is 12.3. The Hall–Kier alpha value is -2.56. The van der Waals surface area contributed by atoms with Crippen LogP contribution in [0, 0.1) is 0 Å². The highest BCUT2D eigenvalue weighted by atomic mass is 127. The summed E-state index contributed by atoms with van der Waals surface area (Å²) in [6.45, 7) is 3.22. The van der Waals surface area contributed by atoms with E-state index in [9.17, 15) is 9.59 Å². The molecular weight excluding hydrogens is 509 g/mol. The number of guanidine groups is 1. The van der Waals surface area contributed by atoms with E-state index in [0.29, 0.717) is 44.4 Å². The molecular formula is C22H30IN5O3. The normalized spacial score (nSPS) is 14.1. The molecule has 0 aliphatic carbocycles. The minimum atomic E-state index is -0.0991. The van der Waals surface area contributed by atoms with E-state index in [2.05, 4.69) is 27.3 Å². The van der Waals surface area contributed by atoms with Crippen LogP contribution in [-0.4, -0.2) is 85.8 Å². The van der Waals surface area contributed by atoms with Gasteiger partial charge in [0.25, 0.3) is 5.91 Å². The number of benzene rings is 1. The standard InChI is InChI=1S/C22H29N5O3.HI/c1-25(2)20(28)17-24-22(23-11-10-18-7-4-3-5-8-18)27-14-12-26(13-15-27)21(29)19-9-6-16-30-19;/h3-9,16H,10-15,17H2,1-2H3,(H,23,24);1H. The monoisotopic (exact) mass is 539 g/mol. The maximum atomic E-state index is 12.5. The quantitative estimate of drug-likeness (QED) is 0.345. The number of hydrogen-bond acceptors (Lipinski definition) is 4. The number of likely N-dealkylation sites (N-methyl/N-ethyl adjacent to an activating group) is 1. The molecule has 2 aromatic rings. The Balaban J connectivity index is 0.00000341. The molecule has 0 spiro atoms. The molecule has 0 unspecified atom stereocenters. The fraction of sp³-hybridized carbons (Fsp3) is 0.409. The molecule has 8 nitrogen and oxygen atoms in total. The largest absolute Gasteiger partial charge is 0.459 e. The minimum Gasteiger partial charge on any atom is -0.459 e. The number of piperazine rings is 1. The smallest absolute Gasteiger partial charge is 0.289 e. The van der Waals surface area contributed by atoms with Crippen LogP contribution in [0.15, 0.2) is 58.1 Å². The van der Waals surface area contributed by atoms with Crippen LogP contribution in [0.4, 0.5) is 0 Å². The van der Waals surface area contributed by atoms with Crippen molar-refractivity contribution in [2.75, 3.05) is 53.4 Å².